The minimum Gasteiger partial charge on any atom is -0.464 e. The normalized spacial score (nSPS) is 45.3. The molecule has 0 amide bonds. The van der Waals surface area contributed by atoms with E-state index >= 15 is 0 Å². The number of carbonyl (C=O) groups excluding carboxylic acids is 4. The van der Waals surface area contributed by atoms with Gasteiger partial charge >= 0.3 is 11.9 Å². The molecular weight excluding hydrogens is 324 g/mol. The van der Waals surface area contributed by atoms with Crippen molar-refractivity contribution in [2.24, 2.45) is 22.7 Å². The van der Waals surface area contributed by atoms with Crippen LogP contribution in [0, 0.1) is 22.7 Å². The van der Waals surface area contributed by atoms with E-state index in [1.807, 2.05) is 6.08 Å². The molecule has 0 unspecified atom stereocenters. The Balaban J connectivity index is 1.92. The quantitative estimate of drug-likeness (QED) is 0.531. The van der Waals surface area contributed by atoms with E-state index in [1.54, 1.807) is 13.0 Å². The summed E-state index contributed by atoms with van der Waals surface area (Å²) in [7, 11) is 0. The van der Waals surface area contributed by atoms with Crippen molar-refractivity contribution in [1.29, 1.82) is 0 Å². The van der Waals surface area contributed by atoms with Crippen molar-refractivity contribution >= 4 is 23.5 Å². The fourth-order valence-electron chi connectivity index (χ4n) is 5.63. The van der Waals surface area contributed by atoms with Gasteiger partial charge in [0.05, 0.1) is 16.7 Å². The molecule has 6 nitrogen and oxygen atoms in total. The third-order valence-corrected chi connectivity index (χ3v) is 6.85. The average molecular weight is 346 g/mol. The maximum absolute atomic E-state index is 13.7. The SMILES string of the molecule is CC(=O)O[C@@]1(C)C(=O)[C@@]23C=C[C@@H]1C[C@@H]2C(=O)OC[C@]31CCCCC1=O. The van der Waals surface area contributed by atoms with Crippen molar-refractivity contribution in [2.75, 3.05) is 6.61 Å². The van der Waals surface area contributed by atoms with Crippen LogP contribution in [0.1, 0.15) is 46.0 Å². The zero-order valence-electron chi connectivity index (χ0n) is 14.5. The van der Waals surface area contributed by atoms with Gasteiger partial charge in [-0.15, -0.1) is 0 Å². The molecule has 1 heterocycles. The maximum Gasteiger partial charge on any atom is 0.310 e. The number of rotatable bonds is 1. The van der Waals surface area contributed by atoms with Gasteiger partial charge in [-0.25, -0.2) is 0 Å². The first-order valence-corrected chi connectivity index (χ1v) is 8.92. The topological polar surface area (TPSA) is 86.7 Å². The molecule has 5 atom stereocenters. The number of carbonyl (C=O) groups is 4. The van der Waals surface area contributed by atoms with Crippen molar-refractivity contribution in [2.45, 2.75) is 51.6 Å². The Morgan fingerprint density at radius 2 is 2.04 bits per heavy atom. The van der Waals surface area contributed by atoms with E-state index in [-0.39, 0.29) is 24.1 Å². The number of ether oxygens (including phenoxy) is 2. The standard InChI is InChI=1S/C19H22O6/c1-11(20)25-17(2)12-6-8-19(16(17)23)13(9-12)15(22)24-10-18(19)7-4-3-5-14(18)21/h6,8,12-13H,3-5,7,9-10H2,1-2H3/t12-,13-,17-,18+,19-/m1/s1. The van der Waals surface area contributed by atoms with Gasteiger partial charge in [0.2, 0.25) is 0 Å². The van der Waals surface area contributed by atoms with E-state index in [0.29, 0.717) is 19.3 Å². The Labute approximate surface area is 145 Å². The zero-order valence-corrected chi connectivity index (χ0v) is 14.5. The molecule has 5 rings (SSSR count). The minimum absolute atomic E-state index is 0.0141. The summed E-state index contributed by atoms with van der Waals surface area (Å²) < 4.78 is 10.9. The Kier molecular flexibility index (Phi) is 3.31. The lowest BCUT2D eigenvalue weighted by atomic mass is 9.41. The van der Waals surface area contributed by atoms with Crippen LogP contribution in [0.2, 0.25) is 0 Å². The van der Waals surface area contributed by atoms with E-state index in [4.69, 9.17) is 9.47 Å². The second-order valence-corrected chi connectivity index (χ2v) is 7.97. The molecule has 4 aliphatic carbocycles. The Morgan fingerprint density at radius 1 is 1.28 bits per heavy atom. The smallest absolute Gasteiger partial charge is 0.310 e. The fourth-order valence-corrected chi connectivity index (χ4v) is 5.63. The maximum atomic E-state index is 13.7. The van der Waals surface area contributed by atoms with E-state index in [0.717, 1.165) is 12.8 Å². The number of hydrogen-bond donors (Lipinski definition) is 0. The monoisotopic (exact) mass is 346 g/mol. The van der Waals surface area contributed by atoms with Gasteiger partial charge in [-0.1, -0.05) is 18.6 Å². The van der Waals surface area contributed by atoms with E-state index < -0.39 is 34.3 Å². The van der Waals surface area contributed by atoms with Crippen LogP contribution in [0.25, 0.3) is 0 Å². The van der Waals surface area contributed by atoms with Crippen LogP contribution in [0.4, 0.5) is 0 Å². The first-order chi connectivity index (χ1) is 11.8. The summed E-state index contributed by atoms with van der Waals surface area (Å²) in [5.74, 6) is -2.33. The number of cyclic esters (lactones) is 1. The van der Waals surface area contributed by atoms with Crippen LogP contribution in [-0.2, 0) is 28.7 Å². The number of ketones is 2. The van der Waals surface area contributed by atoms with Gasteiger partial charge in [0, 0.05) is 19.3 Å². The number of fused-ring (bicyclic) bond motifs is 1. The highest BCUT2D eigenvalue weighted by Crippen LogP contribution is 2.65. The highest BCUT2D eigenvalue weighted by atomic mass is 16.6. The fraction of sp³-hybridized carbons (Fsp3) is 0.684. The van der Waals surface area contributed by atoms with Crippen LogP contribution in [0.3, 0.4) is 0 Å². The van der Waals surface area contributed by atoms with E-state index in [9.17, 15) is 19.2 Å². The van der Waals surface area contributed by atoms with Crippen LogP contribution in [-0.4, -0.2) is 35.7 Å². The predicted octanol–water partition coefficient (Wildman–Crippen LogP) is 1.76. The molecule has 0 aromatic carbocycles. The van der Waals surface area contributed by atoms with Gasteiger partial charge < -0.3 is 9.47 Å². The van der Waals surface area contributed by atoms with E-state index in [2.05, 4.69) is 0 Å². The lowest BCUT2D eigenvalue weighted by molar-refractivity contribution is -0.214. The largest absolute Gasteiger partial charge is 0.464 e. The Morgan fingerprint density at radius 3 is 2.72 bits per heavy atom. The van der Waals surface area contributed by atoms with Crippen molar-refractivity contribution in [3.8, 4) is 0 Å². The molecular formula is C19H22O6. The predicted molar refractivity (Wildman–Crippen MR) is 85.2 cm³/mol. The van der Waals surface area contributed by atoms with Crippen molar-refractivity contribution in [3.05, 3.63) is 12.2 Å². The van der Waals surface area contributed by atoms with Gasteiger partial charge in [-0.3, -0.25) is 19.2 Å². The molecule has 6 heteroatoms. The number of esters is 2. The Bertz CT molecular complexity index is 723. The molecule has 0 radical (unpaired) electrons. The third-order valence-electron chi connectivity index (χ3n) is 6.85. The van der Waals surface area contributed by atoms with Crippen LogP contribution in [0.15, 0.2) is 12.2 Å². The first-order valence-electron chi connectivity index (χ1n) is 8.92. The van der Waals surface area contributed by atoms with Gasteiger partial charge in [-0.05, 0) is 26.2 Å². The van der Waals surface area contributed by atoms with Crippen LogP contribution >= 0.6 is 0 Å². The number of hydrogen-bond acceptors (Lipinski definition) is 6. The molecule has 25 heavy (non-hydrogen) atoms. The molecule has 0 N–H and O–H groups in total. The molecule has 0 aromatic heterocycles. The van der Waals surface area contributed by atoms with Crippen molar-refractivity contribution in [1.82, 2.24) is 0 Å². The molecule has 3 fully saturated rings. The molecule has 0 aromatic rings. The minimum atomic E-state index is -1.33. The highest BCUT2D eigenvalue weighted by Gasteiger charge is 2.75. The molecule has 1 aliphatic heterocycles. The molecule has 2 spiro atoms. The van der Waals surface area contributed by atoms with Crippen molar-refractivity contribution < 1.29 is 28.7 Å². The highest BCUT2D eigenvalue weighted by molar-refractivity contribution is 6.07. The number of Topliss-reactive ketones (excluding diaryl/α,β-unsaturated/α-hetero) is 2. The molecule has 5 aliphatic rings. The molecule has 2 bridgehead atoms. The number of allylic oxidation sites excluding steroid dienone is 1. The lowest BCUT2D eigenvalue weighted by Crippen LogP contribution is -2.73. The summed E-state index contributed by atoms with van der Waals surface area (Å²) in [6, 6.07) is 0. The molecule has 134 valence electrons. The summed E-state index contributed by atoms with van der Waals surface area (Å²) in [4.78, 5) is 50.8. The summed E-state index contributed by atoms with van der Waals surface area (Å²) in [5.41, 5.74) is -3.61. The molecule has 1 saturated heterocycles. The average Bonchev–Trinajstić information content (AvgIpc) is 2.57. The van der Waals surface area contributed by atoms with Crippen LogP contribution in [0.5, 0.6) is 0 Å². The summed E-state index contributed by atoms with van der Waals surface area (Å²) in [6.07, 6.45) is 6.50. The zero-order chi connectivity index (χ0) is 18.0. The van der Waals surface area contributed by atoms with Gasteiger partial charge in [-0.2, -0.15) is 0 Å². The summed E-state index contributed by atoms with van der Waals surface area (Å²) in [6.45, 7) is 2.83. The van der Waals surface area contributed by atoms with Gasteiger partial charge in [0.15, 0.2) is 11.4 Å². The summed E-state index contributed by atoms with van der Waals surface area (Å²) >= 11 is 0. The van der Waals surface area contributed by atoms with Gasteiger partial charge in [0.1, 0.15) is 12.4 Å². The van der Waals surface area contributed by atoms with Crippen LogP contribution < -0.4 is 0 Å². The Hall–Kier alpha value is -1.98. The second-order valence-electron chi connectivity index (χ2n) is 7.97. The van der Waals surface area contributed by atoms with E-state index in [1.165, 1.54) is 6.92 Å². The summed E-state index contributed by atoms with van der Waals surface area (Å²) in [5, 5.41) is 0. The molecule has 2 saturated carbocycles. The lowest BCUT2D eigenvalue weighted by Gasteiger charge is -2.62. The van der Waals surface area contributed by atoms with Gasteiger partial charge in [0.25, 0.3) is 0 Å². The van der Waals surface area contributed by atoms with Crippen molar-refractivity contribution in [3.63, 3.8) is 0 Å². The first kappa shape index (κ1) is 16.5. The second kappa shape index (κ2) is 5.02. The third kappa shape index (κ3) is 1.80.